The van der Waals surface area contributed by atoms with Crippen molar-refractivity contribution in [3.63, 3.8) is 0 Å². The number of nitrogens with zero attached hydrogens (tertiary/aromatic N) is 2. The van der Waals surface area contributed by atoms with Crippen molar-refractivity contribution in [2.45, 2.75) is 182 Å². The minimum atomic E-state index is -0.0626. The minimum Gasteiger partial charge on any atom is -0.454 e. The van der Waals surface area contributed by atoms with Crippen LogP contribution in [0.4, 0.5) is 34.1 Å². The van der Waals surface area contributed by atoms with Crippen LogP contribution in [0, 0.1) is 27.7 Å². The first kappa shape index (κ1) is 47.7. The first-order valence-corrected chi connectivity index (χ1v) is 28.1. The zero-order valence-electron chi connectivity index (χ0n) is 47.4. The SMILES string of the molecule is Cc1cc2c3c(c1)N(c1cc4c(cc1C)C(C)(C)CCC4(C)C)c1c(ccc4c1oc1cc5c(cc14)C(C)(C)CCC5(C)C)B3c1cc(-c3ccccc3C)ccc1N2c1cc2c(cc1C)C(C)(C)CCC2(C)C. The monoisotopic (exact) mass is 973 g/mol. The summed E-state index contributed by atoms with van der Waals surface area (Å²) in [4.78, 5) is 5.36. The van der Waals surface area contributed by atoms with Gasteiger partial charge in [0.15, 0.2) is 5.58 Å². The smallest absolute Gasteiger partial charge is 0.252 e. The van der Waals surface area contributed by atoms with Crippen molar-refractivity contribution in [2.75, 3.05) is 9.80 Å². The van der Waals surface area contributed by atoms with Gasteiger partial charge in [-0.05, 0) is 224 Å². The lowest BCUT2D eigenvalue weighted by Gasteiger charge is -2.47. The van der Waals surface area contributed by atoms with E-state index in [-0.39, 0.29) is 39.2 Å². The molecular formula is C70H77BN2O. The topological polar surface area (TPSA) is 19.6 Å². The number of anilines is 6. The van der Waals surface area contributed by atoms with Crippen LogP contribution in [0.3, 0.4) is 0 Å². The predicted molar refractivity (Wildman–Crippen MR) is 318 cm³/mol. The van der Waals surface area contributed by atoms with E-state index in [0.29, 0.717) is 0 Å². The van der Waals surface area contributed by atoms with Crippen molar-refractivity contribution < 1.29 is 4.42 Å². The fourth-order valence-corrected chi connectivity index (χ4v) is 15.0. The van der Waals surface area contributed by atoms with E-state index < -0.39 is 0 Å². The van der Waals surface area contributed by atoms with Gasteiger partial charge in [-0.2, -0.15) is 0 Å². The molecule has 0 radical (unpaired) electrons. The molecule has 0 atom stereocenters. The lowest BCUT2D eigenvalue weighted by atomic mass is 9.33. The number of fused-ring (bicyclic) bond motifs is 11. The number of aryl methyl sites for hydroxylation is 4. The van der Waals surface area contributed by atoms with E-state index in [1.165, 1.54) is 154 Å². The van der Waals surface area contributed by atoms with Gasteiger partial charge in [-0.3, -0.25) is 0 Å². The van der Waals surface area contributed by atoms with Gasteiger partial charge in [-0.25, -0.2) is 0 Å². The molecule has 3 aliphatic carbocycles. The minimum absolute atomic E-state index is 0.0264. The summed E-state index contributed by atoms with van der Waals surface area (Å²) in [6.45, 7) is 38.7. The summed E-state index contributed by atoms with van der Waals surface area (Å²) < 4.78 is 7.58. The summed E-state index contributed by atoms with van der Waals surface area (Å²) >= 11 is 0. The van der Waals surface area contributed by atoms with Crippen LogP contribution in [0.5, 0.6) is 0 Å². The van der Waals surface area contributed by atoms with Gasteiger partial charge in [-0.15, -0.1) is 0 Å². The second kappa shape index (κ2) is 15.3. The number of furan rings is 1. The molecule has 8 aromatic rings. The van der Waals surface area contributed by atoms with Crippen LogP contribution in [0.25, 0.3) is 33.1 Å². The average Bonchev–Trinajstić information content (AvgIpc) is 3.74. The van der Waals surface area contributed by atoms with E-state index in [9.17, 15) is 0 Å². The molecule has 0 amide bonds. The number of benzene rings is 7. The van der Waals surface area contributed by atoms with Crippen molar-refractivity contribution in [1.29, 1.82) is 0 Å². The first-order chi connectivity index (χ1) is 34.8. The predicted octanol–water partition coefficient (Wildman–Crippen LogP) is 17.6. The molecule has 0 saturated carbocycles. The summed E-state index contributed by atoms with van der Waals surface area (Å²) in [5.41, 5.74) is 30.4. The van der Waals surface area contributed by atoms with Gasteiger partial charge in [0.05, 0.1) is 5.69 Å². The van der Waals surface area contributed by atoms with Gasteiger partial charge >= 0.3 is 0 Å². The van der Waals surface area contributed by atoms with Crippen molar-refractivity contribution >= 4 is 79.2 Å². The molecule has 13 rings (SSSR count). The van der Waals surface area contributed by atoms with Gasteiger partial charge in [0, 0.05) is 39.2 Å². The van der Waals surface area contributed by atoms with Gasteiger partial charge in [0.1, 0.15) is 5.58 Å². The van der Waals surface area contributed by atoms with E-state index in [1.807, 2.05) is 0 Å². The molecule has 0 saturated heterocycles. The Morgan fingerprint density at radius 3 is 1.45 bits per heavy atom. The van der Waals surface area contributed by atoms with Crippen LogP contribution < -0.4 is 26.2 Å². The molecule has 0 bridgehead atoms. The fourth-order valence-electron chi connectivity index (χ4n) is 15.0. The zero-order chi connectivity index (χ0) is 52.1. The lowest BCUT2D eigenvalue weighted by molar-refractivity contribution is 0.332. The summed E-state index contributed by atoms with van der Waals surface area (Å²) in [6.07, 6.45) is 7.03. The van der Waals surface area contributed by atoms with Gasteiger partial charge in [0.2, 0.25) is 0 Å². The molecule has 4 heteroatoms. The maximum absolute atomic E-state index is 7.58. The molecule has 1 aromatic heterocycles. The maximum Gasteiger partial charge on any atom is 0.252 e. The van der Waals surface area contributed by atoms with E-state index in [1.54, 1.807) is 0 Å². The highest BCUT2D eigenvalue weighted by atomic mass is 16.3. The first-order valence-electron chi connectivity index (χ1n) is 28.1. The fraction of sp³-hybridized carbons (Fsp3) is 0.400. The third kappa shape index (κ3) is 6.70. The van der Waals surface area contributed by atoms with Crippen molar-refractivity contribution in [2.24, 2.45) is 0 Å². The van der Waals surface area contributed by atoms with E-state index in [4.69, 9.17) is 4.42 Å². The summed E-state index contributed by atoms with van der Waals surface area (Å²) in [7, 11) is 0. The van der Waals surface area contributed by atoms with Crippen LogP contribution >= 0.6 is 0 Å². The van der Waals surface area contributed by atoms with Crippen LogP contribution in [0.2, 0.25) is 0 Å². The number of hydrogen-bond acceptors (Lipinski definition) is 3. The van der Waals surface area contributed by atoms with Crippen molar-refractivity contribution in [1.82, 2.24) is 0 Å². The third-order valence-corrected chi connectivity index (χ3v) is 20.1. The summed E-state index contributed by atoms with van der Waals surface area (Å²) in [5, 5.41) is 2.42. The van der Waals surface area contributed by atoms with Crippen molar-refractivity contribution in [3.8, 4) is 11.1 Å². The lowest BCUT2D eigenvalue weighted by Crippen LogP contribution is -2.61. The molecule has 3 heterocycles. The Hall–Kier alpha value is -6.00. The number of rotatable bonds is 3. The Balaban J connectivity index is 1.16. The van der Waals surface area contributed by atoms with E-state index in [0.717, 1.165) is 24.0 Å². The Bertz CT molecular complexity index is 3760. The Kier molecular flexibility index (Phi) is 9.88. The molecule has 0 N–H and O–H groups in total. The summed E-state index contributed by atoms with van der Waals surface area (Å²) in [5.74, 6) is 0. The molecule has 0 fully saturated rings. The van der Waals surface area contributed by atoms with Crippen LogP contribution in [0.15, 0.2) is 108 Å². The van der Waals surface area contributed by atoms with Gasteiger partial charge < -0.3 is 14.2 Å². The molecule has 74 heavy (non-hydrogen) atoms. The summed E-state index contributed by atoms with van der Waals surface area (Å²) in [6, 6.07) is 41.5. The molecule has 3 nitrogen and oxygen atoms in total. The van der Waals surface area contributed by atoms with Crippen molar-refractivity contribution in [3.05, 3.63) is 159 Å². The second-order valence-corrected chi connectivity index (χ2v) is 28.0. The maximum atomic E-state index is 7.58. The Morgan fingerprint density at radius 2 is 0.892 bits per heavy atom. The van der Waals surface area contributed by atoms with E-state index >= 15 is 0 Å². The second-order valence-electron chi connectivity index (χ2n) is 28.0. The van der Waals surface area contributed by atoms with Crippen LogP contribution in [0.1, 0.15) is 177 Å². The molecule has 5 aliphatic rings. The molecule has 0 spiro atoms. The standard InChI is InChI=1S/C70H77BN2O/c1-40-31-59-62-60(32-40)73(58-38-52-49(34-43(58)4)66(7,8)26-29-69(52,13)14)63-54(23-22-46-47-36-50-53(39-61(47)74-64(46)63)70(15,16)30-27-67(50,9)10)71(62)55-35-44(45-20-18-17-19-41(45)2)21-24-56(55)72(59)57-37-51-48(33-42(57)3)65(5,6)25-28-68(51,11)12/h17-24,31-39H,25-30H2,1-16H3. The third-order valence-electron chi connectivity index (χ3n) is 20.1. The average molecular weight is 973 g/mol. The van der Waals surface area contributed by atoms with Crippen LogP contribution in [-0.4, -0.2) is 6.71 Å². The Morgan fingerprint density at radius 1 is 0.405 bits per heavy atom. The molecule has 2 aliphatic heterocycles. The van der Waals surface area contributed by atoms with E-state index in [2.05, 4.69) is 224 Å². The molecular weight excluding hydrogens is 896 g/mol. The molecule has 0 unspecified atom stereocenters. The highest BCUT2D eigenvalue weighted by Gasteiger charge is 2.48. The van der Waals surface area contributed by atoms with Gasteiger partial charge in [0.25, 0.3) is 6.71 Å². The zero-order valence-corrected chi connectivity index (χ0v) is 47.4. The van der Waals surface area contributed by atoms with Crippen LogP contribution in [-0.2, 0) is 32.5 Å². The highest BCUT2D eigenvalue weighted by Crippen LogP contribution is 2.55. The molecule has 7 aromatic carbocycles. The number of hydrogen-bond donors (Lipinski definition) is 0. The largest absolute Gasteiger partial charge is 0.454 e. The van der Waals surface area contributed by atoms with Gasteiger partial charge in [-0.1, -0.05) is 144 Å². The molecule has 376 valence electrons. The highest BCUT2D eigenvalue weighted by molar-refractivity contribution is 7.00. The Labute approximate surface area is 442 Å². The normalized spacial score (nSPS) is 19.9. The quantitative estimate of drug-likeness (QED) is 0.165.